The summed E-state index contributed by atoms with van der Waals surface area (Å²) in [7, 11) is 0. The SMILES string of the molecule is Cc1ccc2nc(Nc3c(F)c(F)cc(F)c3F)sc2c1. The van der Waals surface area contributed by atoms with E-state index in [2.05, 4.69) is 10.3 Å². The Morgan fingerprint density at radius 1 is 1.00 bits per heavy atom. The lowest BCUT2D eigenvalue weighted by molar-refractivity contribution is 0.459. The van der Waals surface area contributed by atoms with Gasteiger partial charge in [-0.2, -0.15) is 0 Å². The number of aryl methyl sites for hydroxylation is 1. The molecule has 0 radical (unpaired) electrons. The highest BCUT2D eigenvalue weighted by atomic mass is 32.1. The zero-order chi connectivity index (χ0) is 15.1. The average Bonchev–Trinajstić information content (AvgIpc) is 2.83. The van der Waals surface area contributed by atoms with Gasteiger partial charge >= 0.3 is 0 Å². The molecule has 1 aromatic heterocycles. The highest BCUT2D eigenvalue weighted by Gasteiger charge is 2.20. The first-order chi connectivity index (χ1) is 9.95. The molecule has 2 nitrogen and oxygen atoms in total. The number of hydrogen-bond acceptors (Lipinski definition) is 3. The van der Waals surface area contributed by atoms with Gasteiger partial charge in [0.1, 0.15) is 5.69 Å². The van der Waals surface area contributed by atoms with E-state index in [1.807, 2.05) is 19.1 Å². The van der Waals surface area contributed by atoms with E-state index < -0.39 is 29.0 Å². The topological polar surface area (TPSA) is 24.9 Å². The first-order valence-electron chi connectivity index (χ1n) is 5.93. The van der Waals surface area contributed by atoms with E-state index in [1.165, 1.54) is 0 Å². The number of fused-ring (bicyclic) bond motifs is 1. The van der Waals surface area contributed by atoms with Gasteiger partial charge in [0.15, 0.2) is 28.4 Å². The molecule has 7 heteroatoms. The molecule has 1 N–H and O–H groups in total. The Morgan fingerprint density at radius 2 is 1.67 bits per heavy atom. The molecule has 1 heterocycles. The molecule has 0 atom stereocenters. The summed E-state index contributed by atoms with van der Waals surface area (Å²) in [5, 5.41) is 2.46. The van der Waals surface area contributed by atoms with Crippen LogP contribution in [0.2, 0.25) is 0 Å². The summed E-state index contributed by atoms with van der Waals surface area (Å²) in [5.74, 6) is -5.89. The molecule has 3 rings (SSSR count). The molecule has 0 saturated carbocycles. The van der Waals surface area contributed by atoms with E-state index in [0.29, 0.717) is 5.52 Å². The third kappa shape index (κ3) is 2.44. The number of benzene rings is 2. The van der Waals surface area contributed by atoms with Gasteiger partial charge in [-0.05, 0) is 24.6 Å². The van der Waals surface area contributed by atoms with Crippen molar-refractivity contribution in [1.29, 1.82) is 0 Å². The number of anilines is 2. The van der Waals surface area contributed by atoms with Crippen LogP contribution in [-0.2, 0) is 0 Å². The lowest BCUT2D eigenvalue weighted by atomic mass is 10.2. The van der Waals surface area contributed by atoms with Crippen molar-refractivity contribution < 1.29 is 17.6 Å². The number of hydrogen-bond donors (Lipinski definition) is 1. The Kier molecular flexibility index (Phi) is 3.29. The van der Waals surface area contributed by atoms with Crippen molar-refractivity contribution in [2.24, 2.45) is 0 Å². The van der Waals surface area contributed by atoms with Crippen molar-refractivity contribution in [2.45, 2.75) is 6.92 Å². The molecular formula is C14H8F4N2S. The summed E-state index contributed by atoms with van der Waals surface area (Å²) < 4.78 is 54.2. The fourth-order valence-corrected chi connectivity index (χ4v) is 2.84. The van der Waals surface area contributed by atoms with Crippen LogP contribution in [0.5, 0.6) is 0 Å². The van der Waals surface area contributed by atoms with Crippen LogP contribution in [-0.4, -0.2) is 4.98 Å². The van der Waals surface area contributed by atoms with E-state index in [-0.39, 0.29) is 11.2 Å². The summed E-state index contributed by atoms with van der Waals surface area (Å²) in [6.45, 7) is 1.90. The minimum Gasteiger partial charge on any atom is -0.326 e. The lowest BCUT2D eigenvalue weighted by Gasteiger charge is -2.07. The first kappa shape index (κ1) is 13.8. The van der Waals surface area contributed by atoms with Crippen LogP contribution in [0.3, 0.4) is 0 Å². The van der Waals surface area contributed by atoms with Crippen molar-refractivity contribution in [1.82, 2.24) is 4.98 Å². The Labute approximate surface area is 121 Å². The summed E-state index contributed by atoms with van der Waals surface area (Å²) in [4.78, 5) is 4.12. The predicted octanol–water partition coefficient (Wildman–Crippen LogP) is 4.90. The minimum absolute atomic E-state index is 0.151. The summed E-state index contributed by atoms with van der Waals surface area (Å²) in [6.07, 6.45) is 0. The van der Waals surface area contributed by atoms with Crippen LogP contribution in [0, 0.1) is 30.2 Å². The van der Waals surface area contributed by atoms with E-state index in [1.54, 1.807) is 6.07 Å². The van der Waals surface area contributed by atoms with Crippen molar-refractivity contribution in [3.05, 3.63) is 53.1 Å². The lowest BCUT2D eigenvalue weighted by Crippen LogP contribution is -2.02. The van der Waals surface area contributed by atoms with Crippen LogP contribution < -0.4 is 5.32 Å². The molecule has 0 bridgehead atoms. The van der Waals surface area contributed by atoms with Crippen molar-refractivity contribution in [2.75, 3.05) is 5.32 Å². The highest BCUT2D eigenvalue weighted by molar-refractivity contribution is 7.22. The largest absolute Gasteiger partial charge is 0.326 e. The highest BCUT2D eigenvalue weighted by Crippen LogP contribution is 2.32. The fraction of sp³-hybridized carbons (Fsp3) is 0.0714. The Hall–Kier alpha value is -2.15. The maximum atomic E-state index is 13.6. The molecule has 0 aliphatic carbocycles. The Balaban J connectivity index is 2.06. The van der Waals surface area contributed by atoms with Gasteiger partial charge in [0.2, 0.25) is 0 Å². The monoisotopic (exact) mass is 312 g/mol. The second kappa shape index (κ2) is 5.00. The summed E-state index contributed by atoms with van der Waals surface area (Å²) in [5.41, 5.74) is 0.751. The van der Waals surface area contributed by atoms with Gasteiger partial charge < -0.3 is 5.32 Å². The molecule has 3 aromatic rings. The molecule has 0 fully saturated rings. The summed E-state index contributed by atoms with van der Waals surface area (Å²) >= 11 is 1.13. The quantitative estimate of drug-likeness (QED) is 0.537. The standard InChI is InChI=1S/C14H8F4N2S/c1-6-2-3-9-10(4-6)21-14(19-9)20-13-11(17)7(15)5-8(16)12(13)18/h2-5H,1H3,(H,19,20). The number of aromatic nitrogens is 1. The molecular weight excluding hydrogens is 304 g/mol. The van der Waals surface area contributed by atoms with Gasteiger partial charge in [-0.15, -0.1) is 0 Å². The molecule has 0 saturated heterocycles. The maximum absolute atomic E-state index is 13.6. The van der Waals surface area contributed by atoms with E-state index in [4.69, 9.17) is 0 Å². The number of rotatable bonds is 2. The minimum atomic E-state index is -1.48. The van der Waals surface area contributed by atoms with E-state index in [9.17, 15) is 17.6 Å². The molecule has 0 spiro atoms. The molecule has 2 aromatic carbocycles. The van der Waals surface area contributed by atoms with Gasteiger partial charge in [-0.1, -0.05) is 17.4 Å². The summed E-state index contributed by atoms with van der Waals surface area (Å²) in [6, 6.07) is 5.62. The van der Waals surface area contributed by atoms with Crippen molar-refractivity contribution >= 4 is 32.4 Å². The zero-order valence-electron chi connectivity index (χ0n) is 10.7. The van der Waals surface area contributed by atoms with Crippen LogP contribution in [0.25, 0.3) is 10.2 Å². The fourth-order valence-electron chi connectivity index (χ4n) is 1.88. The van der Waals surface area contributed by atoms with Gasteiger partial charge in [0, 0.05) is 6.07 Å². The van der Waals surface area contributed by atoms with Crippen LogP contribution >= 0.6 is 11.3 Å². The average molecular weight is 312 g/mol. The molecule has 0 aliphatic rings. The third-order valence-electron chi connectivity index (χ3n) is 2.89. The normalized spacial score (nSPS) is 11.1. The van der Waals surface area contributed by atoms with E-state index >= 15 is 0 Å². The van der Waals surface area contributed by atoms with Gasteiger partial charge in [-0.3, -0.25) is 0 Å². The first-order valence-corrected chi connectivity index (χ1v) is 6.74. The third-order valence-corrected chi connectivity index (χ3v) is 3.82. The van der Waals surface area contributed by atoms with Crippen LogP contribution in [0.15, 0.2) is 24.3 Å². The number of nitrogens with one attached hydrogen (secondary N) is 1. The second-order valence-corrected chi connectivity index (χ2v) is 5.49. The van der Waals surface area contributed by atoms with E-state index in [0.717, 1.165) is 21.6 Å². The maximum Gasteiger partial charge on any atom is 0.188 e. The van der Waals surface area contributed by atoms with Crippen molar-refractivity contribution in [3.63, 3.8) is 0 Å². The smallest absolute Gasteiger partial charge is 0.188 e. The van der Waals surface area contributed by atoms with Gasteiger partial charge in [0.25, 0.3) is 0 Å². The van der Waals surface area contributed by atoms with Gasteiger partial charge in [0.05, 0.1) is 10.2 Å². The molecule has 0 unspecified atom stereocenters. The molecule has 21 heavy (non-hydrogen) atoms. The number of thiazole rings is 1. The second-order valence-electron chi connectivity index (χ2n) is 4.46. The van der Waals surface area contributed by atoms with Crippen LogP contribution in [0.4, 0.5) is 28.4 Å². The predicted molar refractivity (Wildman–Crippen MR) is 73.9 cm³/mol. The van der Waals surface area contributed by atoms with Crippen LogP contribution in [0.1, 0.15) is 5.56 Å². The van der Waals surface area contributed by atoms with Gasteiger partial charge in [-0.25, -0.2) is 22.5 Å². The Bertz CT molecular complexity index is 818. The van der Waals surface area contributed by atoms with Crippen molar-refractivity contribution in [3.8, 4) is 0 Å². The number of nitrogens with zero attached hydrogens (tertiary/aromatic N) is 1. The zero-order valence-corrected chi connectivity index (χ0v) is 11.5. The number of halogens is 4. The Morgan fingerprint density at radius 3 is 2.33 bits per heavy atom. The molecule has 108 valence electrons. The molecule has 0 amide bonds. The molecule has 0 aliphatic heterocycles.